The molecule has 0 saturated carbocycles. The number of alkyl halides is 1. The monoisotopic (exact) mass is 299 g/mol. The molecule has 0 bridgehead atoms. The summed E-state index contributed by atoms with van der Waals surface area (Å²) in [6.45, 7) is 6.54. The van der Waals surface area contributed by atoms with E-state index in [9.17, 15) is 4.79 Å². The van der Waals surface area contributed by atoms with Gasteiger partial charge >= 0.3 is 0 Å². The highest BCUT2D eigenvalue weighted by Gasteiger charge is 2.18. The summed E-state index contributed by atoms with van der Waals surface area (Å²) in [7, 11) is 0. The average molecular weight is 300 g/mol. The van der Waals surface area contributed by atoms with Gasteiger partial charge in [0, 0.05) is 11.8 Å². The molecule has 0 fully saturated rings. The van der Waals surface area contributed by atoms with Gasteiger partial charge in [0.15, 0.2) is 0 Å². The van der Waals surface area contributed by atoms with Crippen molar-refractivity contribution in [3.63, 3.8) is 0 Å². The zero-order valence-electron chi connectivity index (χ0n) is 10.4. The highest BCUT2D eigenvalue weighted by Crippen LogP contribution is 2.19. The maximum atomic E-state index is 11.8. The van der Waals surface area contributed by atoms with Crippen molar-refractivity contribution in [1.82, 2.24) is 0 Å². The lowest BCUT2D eigenvalue weighted by Gasteiger charge is -2.14. The SMILES string of the molecule is CCOc1cccc(NC(=O)C(Br)C(C)C)c1. The quantitative estimate of drug-likeness (QED) is 0.846. The molecule has 1 unspecified atom stereocenters. The van der Waals surface area contributed by atoms with E-state index in [-0.39, 0.29) is 16.7 Å². The summed E-state index contributed by atoms with van der Waals surface area (Å²) in [5.41, 5.74) is 0.756. The number of nitrogens with one attached hydrogen (secondary N) is 1. The van der Waals surface area contributed by atoms with Crippen molar-refractivity contribution in [3.05, 3.63) is 24.3 Å². The number of carbonyl (C=O) groups is 1. The Kier molecular flexibility index (Phi) is 5.48. The van der Waals surface area contributed by atoms with Crippen LogP contribution >= 0.6 is 15.9 Å². The Morgan fingerprint density at radius 2 is 2.18 bits per heavy atom. The topological polar surface area (TPSA) is 38.3 Å². The molecule has 0 aromatic heterocycles. The van der Waals surface area contributed by atoms with Crippen molar-refractivity contribution in [1.29, 1.82) is 0 Å². The third-order valence-electron chi connectivity index (χ3n) is 2.25. The zero-order chi connectivity index (χ0) is 12.8. The summed E-state index contributed by atoms with van der Waals surface area (Å²) in [6.07, 6.45) is 0. The molecule has 94 valence electrons. The molecule has 1 aromatic rings. The Bertz CT molecular complexity index is 379. The number of carbonyl (C=O) groups excluding carboxylic acids is 1. The van der Waals surface area contributed by atoms with Crippen molar-refractivity contribution in [2.45, 2.75) is 25.6 Å². The van der Waals surface area contributed by atoms with Crippen LogP contribution in [0.3, 0.4) is 0 Å². The van der Waals surface area contributed by atoms with Crippen LogP contribution in [0, 0.1) is 5.92 Å². The number of halogens is 1. The molecule has 0 aliphatic rings. The molecule has 1 N–H and O–H groups in total. The fourth-order valence-electron chi connectivity index (χ4n) is 1.34. The van der Waals surface area contributed by atoms with Gasteiger partial charge in [-0.15, -0.1) is 0 Å². The molecule has 1 aromatic carbocycles. The van der Waals surface area contributed by atoms with Crippen LogP contribution in [0.1, 0.15) is 20.8 Å². The van der Waals surface area contributed by atoms with E-state index in [1.807, 2.05) is 45.0 Å². The molecule has 3 nitrogen and oxygen atoms in total. The minimum absolute atomic E-state index is 0.0337. The number of anilines is 1. The predicted molar refractivity (Wildman–Crippen MR) is 73.8 cm³/mol. The molecular formula is C13H18BrNO2. The van der Waals surface area contributed by atoms with E-state index in [1.165, 1.54) is 0 Å². The van der Waals surface area contributed by atoms with Crippen LogP contribution in [0.25, 0.3) is 0 Å². The lowest BCUT2D eigenvalue weighted by atomic mass is 10.1. The summed E-state index contributed by atoms with van der Waals surface area (Å²) in [5, 5.41) is 2.86. The maximum Gasteiger partial charge on any atom is 0.238 e. The minimum Gasteiger partial charge on any atom is -0.494 e. The van der Waals surface area contributed by atoms with Crippen LogP contribution in [-0.2, 0) is 4.79 Å². The Morgan fingerprint density at radius 1 is 1.47 bits per heavy atom. The lowest BCUT2D eigenvalue weighted by molar-refractivity contribution is -0.116. The first-order valence-electron chi connectivity index (χ1n) is 5.72. The van der Waals surface area contributed by atoms with Gasteiger partial charge in [0.2, 0.25) is 5.91 Å². The Hall–Kier alpha value is -1.03. The summed E-state index contributed by atoms with van der Waals surface area (Å²) in [6, 6.07) is 7.40. The van der Waals surface area contributed by atoms with E-state index in [0.29, 0.717) is 6.61 Å². The fraction of sp³-hybridized carbons (Fsp3) is 0.462. The Morgan fingerprint density at radius 3 is 2.76 bits per heavy atom. The second-order valence-electron chi connectivity index (χ2n) is 4.10. The Labute approximate surface area is 111 Å². The normalized spacial score (nSPS) is 12.3. The molecule has 0 aliphatic heterocycles. The number of hydrogen-bond donors (Lipinski definition) is 1. The minimum atomic E-state index is -0.182. The summed E-state index contributed by atoms with van der Waals surface area (Å²) < 4.78 is 5.37. The van der Waals surface area contributed by atoms with Gasteiger partial charge in [0.05, 0.1) is 11.4 Å². The van der Waals surface area contributed by atoms with Crippen LogP contribution in [0.4, 0.5) is 5.69 Å². The van der Waals surface area contributed by atoms with Gasteiger partial charge in [-0.05, 0) is 25.0 Å². The van der Waals surface area contributed by atoms with Crippen molar-refractivity contribution in [2.24, 2.45) is 5.92 Å². The van der Waals surface area contributed by atoms with Crippen LogP contribution in [0.5, 0.6) is 5.75 Å². The van der Waals surface area contributed by atoms with Crippen LogP contribution in [0.2, 0.25) is 0 Å². The highest BCUT2D eigenvalue weighted by atomic mass is 79.9. The molecular weight excluding hydrogens is 282 g/mol. The van der Waals surface area contributed by atoms with E-state index < -0.39 is 0 Å². The summed E-state index contributed by atoms with van der Waals surface area (Å²) in [4.78, 5) is 11.6. The van der Waals surface area contributed by atoms with Crippen LogP contribution in [0.15, 0.2) is 24.3 Å². The van der Waals surface area contributed by atoms with Gasteiger partial charge in [-0.3, -0.25) is 4.79 Å². The van der Waals surface area contributed by atoms with Crippen molar-refractivity contribution in [2.75, 3.05) is 11.9 Å². The molecule has 0 aliphatic carbocycles. The van der Waals surface area contributed by atoms with Gasteiger partial charge < -0.3 is 10.1 Å². The van der Waals surface area contributed by atoms with Crippen LogP contribution in [-0.4, -0.2) is 17.3 Å². The molecule has 1 atom stereocenters. The predicted octanol–water partition coefficient (Wildman–Crippen LogP) is 3.44. The molecule has 0 radical (unpaired) electrons. The number of amides is 1. The first-order valence-corrected chi connectivity index (χ1v) is 6.64. The van der Waals surface area contributed by atoms with Crippen molar-refractivity contribution < 1.29 is 9.53 Å². The smallest absolute Gasteiger partial charge is 0.238 e. The van der Waals surface area contributed by atoms with E-state index in [2.05, 4.69) is 21.2 Å². The van der Waals surface area contributed by atoms with E-state index in [0.717, 1.165) is 11.4 Å². The van der Waals surface area contributed by atoms with Gasteiger partial charge in [-0.1, -0.05) is 35.8 Å². The van der Waals surface area contributed by atoms with Gasteiger partial charge in [0.25, 0.3) is 0 Å². The molecule has 0 spiro atoms. The van der Waals surface area contributed by atoms with E-state index in [4.69, 9.17) is 4.74 Å². The first kappa shape index (κ1) is 14.0. The number of hydrogen-bond acceptors (Lipinski definition) is 2. The zero-order valence-corrected chi connectivity index (χ0v) is 12.0. The molecule has 0 heterocycles. The third kappa shape index (κ3) is 4.38. The lowest BCUT2D eigenvalue weighted by Crippen LogP contribution is -2.26. The molecule has 0 saturated heterocycles. The fourth-order valence-corrected chi connectivity index (χ4v) is 1.46. The second kappa shape index (κ2) is 6.64. The van der Waals surface area contributed by atoms with Crippen LogP contribution < -0.4 is 10.1 Å². The molecule has 17 heavy (non-hydrogen) atoms. The van der Waals surface area contributed by atoms with Gasteiger partial charge in [-0.25, -0.2) is 0 Å². The molecule has 4 heteroatoms. The van der Waals surface area contributed by atoms with Gasteiger partial charge in [0.1, 0.15) is 5.75 Å². The maximum absolute atomic E-state index is 11.8. The molecule has 1 amide bonds. The third-order valence-corrected chi connectivity index (χ3v) is 3.72. The molecule has 1 rings (SSSR count). The van der Waals surface area contributed by atoms with Crippen molar-refractivity contribution >= 4 is 27.5 Å². The summed E-state index contributed by atoms with van der Waals surface area (Å²) in [5.74, 6) is 0.986. The van der Waals surface area contributed by atoms with Gasteiger partial charge in [-0.2, -0.15) is 0 Å². The highest BCUT2D eigenvalue weighted by molar-refractivity contribution is 9.10. The second-order valence-corrected chi connectivity index (χ2v) is 5.08. The number of ether oxygens (including phenoxy) is 1. The number of rotatable bonds is 5. The van der Waals surface area contributed by atoms with Crippen molar-refractivity contribution in [3.8, 4) is 5.75 Å². The van der Waals surface area contributed by atoms with E-state index >= 15 is 0 Å². The Balaban J connectivity index is 2.68. The standard InChI is InChI=1S/C13H18BrNO2/c1-4-17-11-7-5-6-10(8-11)15-13(16)12(14)9(2)3/h5-9,12H,4H2,1-3H3,(H,15,16). The first-order chi connectivity index (χ1) is 8.04. The average Bonchev–Trinajstić information content (AvgIpc) is 2.28. The summed E-state index contributed by atoms with van der Waals surface area (Å²) >= 11 is 3.37. The largest absolute Gasteiger partial charge is 0.494 e. The van der Waals surface area contributed by atoms with E-state index in [1.54, 1.807) is 0 Å². The number of benzene rings is 1.